The molecule has 25 heteroatoms. The van der Waals surface area contributed by atoms with Gasteiger partial charge >= 0.3 is 23.9 Å². The van der Waals surface area contributed by atoms with Gasteiger partial charge in [-0.2, -0.15) is 0 Å². The molecule has 23 nitrogen and oxygen atoms in total. The maximum atomic E-state index is 13.9. The van der Waals surface area contributed by atoms with Gasteiger partial charge in [0.15, 0.2) is 5.60 Å². The molecule has 4 radical (unpaired) electrons. The number of hydrogen-bond donors (Lipinski definition) is 2. The summed E-state index contributed by atoms with van der Waals surface area (Å²) in [4.78, 5) is 120. The normalized spacial score (nSPS) is 16.8. The first-order valence-corrected chi connectivity index (χ1v) is 31.4. The number of fused-ring (bicyclic) bond motifs is 16. The largest absolute Gasteiger partial charge is 0.478 e. The summed E-state index contributed by atoms with van der Waals surface area (Å²) in [5.74, 6) is -4.72. The van der Waals surface area contributed by atoms with Crippen molar-refractivity contribution >= 4 is 84.5 Å². The highest BCUT2D eigenvalue weighted by Crippen LogP contribution is 2.44. The fraction of sp³-hybridized carbons (Fsp3) is 0.200. The predicted octanol–water partition coefficient (Wildman–Crippen LogP) is 10.4. The van der Waals surface area contributed by atoms with Gasteiger partial charge in [0, 0.05) is 55.3 Å². The van der Waals surface area contributed by atoms with Crippen molar-refractivity contribution in [2.24, 2.45) is 10.3 Å². The van der Waals surface area contributed by atoms with E-state index in [0.717, 1.165) is 61.0 Å². The van der Waals surface area contributed by atoms with E-state index in [0.29, 0.717) is 62.9 Å². The summed E-state index contributed by atoms with van der Waals surface area (Å²) in [6.07, 6.45) is -2.09. The number of ether oxygens (including phenoxy) is 5. The monoisotopic (exact) mass is 1340 g/mol. The molecule has 0 fully saturated rings. The van der Waals surface area contributed by atoms with Gasteiger partial charge in [0.1, 0.15) is 36.1 Å². The Hall–Kier alpha value is -12.1. The second kappa shape index (κ2) is 26.0. The van der Waals surface area contributed by atoms with Crippen LogP contribution in [0.1, 0.15) is 104 Å². The van der Waals surface area contributed by atoms with E-state index < -0.39 is 59.0 Å². The number of aromatic nitrogens is 4. The van der Waals surface area contributed by atoms with E-state index in [1.165, 1.54) is 13.8 Å². The van der Waals surface area contributed by atoms with Crippen molar-refractivity contribution in [1.82, 2.24) is 19.1 Å². The first kappa shape index (κ1) is 66.5. The molecule has 0 saturated carbocycles. The van der Waals surface area contributed by atoms with Crippen LogP contribution in [0, 0.1) is 0 Å². The standard InChI is InChI=1S/C37H26BN3O8.C21H15BN2O6.C16H13NO3.CH4/c1-3-37(48-34(43)19(2)49-40-32-25-10-6-4-8-23(25)24-9-5-7-11-26(24)32)28-16-30-31-21(17-41(30)33(42)27(28)18-46-35(37)44)14-20-15-22(47-36(38)45)12-13-29(20)39-31;1-2-21(28)14-7-16-17-11(8-24(16)18(25)13(14)9-29-19(21)26)5-10-6-12(30-20(22)27)3-4-15(10)23-17;1-10(16(18)19)20-17-15-13-8-4-2-6-11(13)12-7-3-5-9-14(12)15;/h4-16,19H,3,17-18H2,1-2H3;3-7,28H,2,8-9H2,1H3;2-10H,1H3,(H,18,19);1H4/t19?,37-;21-;;/m00../s1. The molecule has 496 valence electrons. The van der Waals surface area contributed by atoms with E-state index in [2.05, 4.69) is 15.3 Å². The highest BCUT2D eigenvalue weighted by atomic mass is 16.7. The zero-order chi connectivity index (χ0) is 69.3. The zero-order valence-corrected chi connectivity index (χ0v) is 53.3. The molecule has 0 saturated heterocycles. The van der Waals surface area contributed by atoms with Gasteiger partial charge in [0.2, 0.25) is 45.2 Å². The van der Waals surface area contributed by atoms with E-state index in [9.17, 15) is 43.5 Å². The maximum absolute atomic E-state index is 13.9. The second-order valence-corrected chi connectivity index (χ2v) is 24.0. The van der Waals surface area contributed by atoms with E-state index >= 15 is 0 Å². The number of cyclic esters (lactones) is 2. The quantitative estimate of drug-likeness (QED) is 0.0526. The number of pyridine rings is 4. The molecule has 0 spiro atoms. The third kappa shape index (κ3) is 11.4. The van der Waals surface area contributed by atoms with Gasteiger partial charge in [0.25, 0.3) is 11.1 Å². The summed E-state index contributed by atoms with van der Waals surface area (Å²) >= 11 is 0. The Bertz CT molecular complexity index is 5280. The van der Waals surface area contributed by atoms with E-state index in [1.807, 2.05) is 109 Å². The van der Waals surface area contributed by atoms with Crippen molar-refractivity contribution in [3.05, 3.63) is 234 Å². The number of aliphatic hydroxyl groups is 1. The molecule has 8 heterocycles. The molecule has 16 rings (SSSR count). The number of carboxylic acids is 1. The first-order valence-electron chi connectivity index (χ1n) is 31.4. The van der Waals surface area contributed by atoms with Crippen LogP contribution in [0.4, 0.5) is 9.59 Å². The van der Waals surface area contributed by atoms with Crippen molar-refractivity contribution in [3.8, 4) is 56.5 Å². The molecule has 2 N–H and O–H groups in total. The van der Waals surface area contributed by atoms with Crippen molar-refractivity contribution < 1.29 is 72.3 Å². The zero-order valence-electron chi connectivity index (χ0n) is 53.3. The maximum Gasteiger partial charge on any atom is 0.355 e. The van der Waals surface area contributed by atoms with Crippen molar-refractivity contribution in [1.29, 1.82) is 0 Å². The smallest absolute Gasteiger partial charge is 0.355 e. The molecule has 100 heavy (non-hydrogen) atoms. The lowest BCUT2D eigenvalue weighted by Crippen LogP contribution is -2.48. The van der Waals surface area contributed by atoms with E-state index in [1.54, 1.807) is 71.5 Å². The Morgan fingerprint density at radius 1 is 0.550 bits per heavy atom. The lowest BCUT2D eigenvalue weighted by Gasteiger charge is -2.36. The van der Waals surface area contributed by atoms with Crippen molar-refractivity contribution in [3.63, 3.8) is 0 Å². The molecule has 2 aliphatic carbocycles. The predicted molar refractivity (Wildman–Crippen MR) is 367 cm³/mol. The SMILES string of the molecule is C.CC(ON=C1c2ccccc2-c2ccccc21)C(=O)O.[B]C(=O)Oc1ccc2nc3c(cc2c1)Cn1c-3cc2c(c1=O)COC(=O)[C@@]2(CC)OC(=O)C(C)ON=C1c2ccccc2-c2ccccc21.[B]C(=O)Oc1ccc2nc3c(cc2c1)Cn1c-3cc2c(c1=O)COC(=O)[C@]2(O)CC. The summed E-state index contributed by atoms with van der Waals surface area (Å²) in [5, 5.41) is 29.6. The van der Waals surface area contributed by atoms with Gasteiger partial charge in [-0.15, -0.1) is 0 Å². The van der Waals surface area contributed by atoms with Crippen LogP contribution < -0.4 is 20.6 Å². The lowest BCUT2D eigenvalue weighted by atomic mass is 9.85. The molecule has 4 aliphatic heterocycles. The van der Waals surface area contributed by atoms with Gasteiger partial charge in [-0.25, -0.2) is 29.1 Å². The minimum absolute atomic E-state index is 0. The van der Waals surface area contributed by atoms with Crippen molar-refractivity contribution in [2.75, 3.05) is 0 Å². The summed E-state index contributed by atoms with van der Waals surface area (Å²) < 4.78 is 29.5. The van der Waals surface area contributed by atoms with Gasteiger partial charge in [0.05, 0.1) is 58.0 Å². The lowest BCUT2D eigenvalue weighted by molar-refractivity contribution is -0.195. The topological polar surface area (TPSA) is 302 Å². The number of carbonyl (C=O) groups excluding carboxylic acids is 5. The first-order chi connectivity index (χ1) is 47.7. The number of carbonyl (C=O) groups is 6. The third-order valence-electron chi connectivity index (χ3n) is 18.2. The Morgan fingerprint density at radius 2 is 0.950 bits per heavy atom. The molecule has 2 unspecified atom stereocenters. The second-order valence-electron chi connectivity index (χ2n) is 24.0. The Balaban J connectivity index is 0.000000149. The number of aliphatic carboxylic acids is 1. The molecule has 4 atom stereocenters. The van der Waals surface area contributed by atoms with Gasteiger partial charge in [-0.3, -0.25) is 19.2 Å². The molecule has 4 aromatic heterocycles. The molecule has 0 bridgehead atoms. The van der Waals surface area contributed by atoms with Crippen LogP contribution in [0.25, 0.3) is 66.8 Å². The fourth-order valence-corrected chi connectivity index (χ4v) is 13.2. The number of nitrogens with zero attached hydrogens (tertiary/aromatic N) is 6. The molecule has 0 amide bonds. The minimum atomic E-state index is -1.91. The van der Waals surface area contributed by atoms with Gasteiger partial charge < -0.3 is 52.7 Å². The number of oxime groups is 2. The number of carboxylic acid groups (broad SMARTS) is 1. The van der Waals surface area contributed by atoms with Crippen LogP contribution in [0.15, 0.2) is 178 Å². The van der Waals surface area contributed by atoms with Crippen LogP contribution in [0.2, 0.25) is 0 Å². The number of benzene rings is 6. The van der Waals surface area contributed by atoms with E-state index in [-0.39, 0.29) is 79.1 Å². The average molecular weight is 1340 g/mol. The molecular formula is C75H58B2N6O17. The minimum Gasteiger partial charge on any atom is -0.478 e. The third-order valence-corrected chi connectivity index (χ3v) is 18.2. The Labute approximate surface area is 572 Å². The summed E-state index contributed by atoms with van der Waals surface area (Å²) in [6, 6.07) is 48.2. The number of esters is 3. The Kier molecular flexibility index (Phi) is 17.3. The van der Waals surface area contributed by atoms with Crippen molar-refractivity contribution in [2.45, 2.75) is 97.7 Å². The Morgan fingerprint density at radius 3 is 1.36 bits per heavy atom. The summed E-state index contributed by atoms with van der Waals surface area (Å²) in [7, 11) is 10.2. The number of hydrogen-bond acceptors (Lipinski definition) is 20. The fourth-order valence-electron chi connectivity index (χ4n) is 13.2. The molecule has 6 aromatic carbocycles. The van der Waals surface area contributed by atoms with Crippen LogP contribution >= 0.6 is 0 Å². The van der Waals surface area contributed by atoms with Gasteiger partial charge in [-0.1, -0.05) is 129 Å². The highest BCUT2D eigenvalue weighted by molar-refractivity contribution is 6.55. The summed E-state index contributed by atoms with van der Waals surface area (Å²) in [6.45, 7) is 6.34. The average Bonchev–Trinajstić information content (AvgIpc) is 1.38. The van der Waals surface area contributed by atoms with E-state index in [4.69, 9.17) is 59.1 Å². The van der Waals surface area contributed by atoms with Crippen LogP contribution in [-0.4, -0.2) is 104 Å². The number of rotatable bonds is 11. The summed E-state index contributed by atoms with van der Waals surface area (Å²) in [5.41, 5.74) is 10.6. The van der Waals surface area contributed by atoms with Crippen LogP contribution in [0.5, 0.6) is 11.5 Å². The van der Waals surface area contributed by atoms with Crippen LogP contribution in [-0.2, 0) is 80.6 Å². The molecular weight excluding hydrogens is 1280 g/mol. The van der Waals surface area contributed by atoms with Gasteiger partial charge in [-0.05, 0) is 110 Å². The van der Waals surface area contributed by atoms with Crippen LogP contribution in [0.3, 0.4) is 0 Å². The molecule has 6 aliphatic rings. The molecule has 10 aromatic rings. The highest BCUT2D eigenvalue weighted by Gasteiger charge is 2.52.